The summed E-state index contributed by atoms with van der Waals surface area (Å²) in [5.41, 5.74) is -0.140. The molecule has 130 valence electrons. The maximum atomic E-state index is 11.9. The zero-order chi connectivity index (χ0) is 18.1. The van der Waals surface area contributed by atoms with Crippen molar-refractivity contribution in [3.8, 4) is 0 Å². The van der Waals surface area contributed by atoms with Crippen LogP contribution in [0.5, 0.6) is 0 Å². The summed E-state index contributed by atoms with van der Waals surface area (Å²) in [5, 5.41) is 18.1. The minimum atomic E-state index is -0.723. The molecule has 0 aliphatic carbocycles. The van der Waals surface area contributed by atoms with Crippen LogP contribution in [0, 0.1) is 10.1 Å². The van der Waals surface area contributed by atoms with E-state index in [1.165, 1.54) is 25.1 Å². The Morgan fingerprint density at radius 2 is 1.96 bits per heavy atom. The lowest BCUT2D eigenvalue weighted by molar-refractivity contribution is -0.384. The summed E-state index contributed by atoms with van der Waals surface area (Å²) in [6, 6.07) is 4.45. The van der Waals surface area contributed by atoms with Gasteiger partial charge in [-0.15, -0.1) is 0 Å². The highest BCUT2D eigenvalue weighted by Crippen LogP contribution is 2.12. The fraction of sp³-hybridized carbons (Fsp3) is 0.400. The van der Waals surface area contributed by atoms with E-state index >= 15 is 0 Å². The number of carbonyl (C=O) groups is 3. The van der Waals surface area contributed by atoms with Gasteiger partial charge in [-0.25, -0.2) is 0 Å². The van der Waals surface area contributed by atoms with Crippen LogP contribution in [0.4, 0.5) is 5.69 Å². The Balaban J connectivity index is 2.49. The smallest absolute Gasteiger partial charge is 0.270 e. The maximum Gasteiger partial charge on any atom is 0.270 e. The van der Waals surface area contributed by atoms with Gasteiger partial charge in [-0.05, 0) is 19.4 Å². The second kappa shape index (κ2) is 9.23. The molecule has 0 heterocycles. The number of nitrogens with one attached hydrogen (secondary N) is 3. The molecule has 3 N–H and O–H groups in total. The van der Waals surface area contributed by atoms with Gasteiger partial charge in [-0.1, -0.05) is 13.0 Å². The van der Waals surface area contributed by atoms with Crippen molar-refractivity contribution in [3.05, 3.63) is 39.9 Å². The largest absolute Gasteiger partial charge is 0.354 e. The van der Waals surface area contributed by atoms with E-state index in [4.69, 9.17) is 0 Å². The molecule has 3 amide bonds. The standard InChI is InChI=1S/C15H20N4O5/c1-3-7-16-14(21)10(2)18-13(20)9-17-15(22)11-5-4-6-12(8-11)19(23)24/h4-6,8,10H,3,7,9H2,1-2H3,(H,16,21)(H,17,22)(H,18,20)/t10-/m0/s1. The van der Waals surface area contributed by atoms with Gasteiger partial charge in [0.1, 0.15) is 6.04 Å². The molecule has 0 unspecified atom stereocenters. The monoisotopic (exact) mass is 336 g/mol. The summed E-state index contributed by atoms with van der Waals surface area (Å²) in [6.07, 6.45) is 0.783. The molecule has 0 saturated carbocycles. The Labute approximate surface area is 139 Å². The molecule has 0 aliphatic heterocycles. The average Bonchev–Trinajstić information content (AvgIpc) is 2.57. The molecule has 1 atom stereocenters. The first kappa shape index (κ1) is 19.1. The topological polar surface area (TPSA) is 130 Å². The molecule has 0 aliphatic rings. The van der Waals surface area contributed by atoms with Gasteiger partial charge in [0.15, 0.2) is 0 Å². The zero-order valence-corrected chi connectivity index (χ0v) is 13.5. The third-order valence-corrected chi connectivity index (χ3v) is 3.05. The van der Waals surface area contributed by atoms with Crippen LogP contribution in [-0.4, -0.2) is 41.8 Å². The average molecular weight is 336 g/mol. The van der Waals surface area contributed by atoms with E-state index in [1.807, 2.05) is 6.92 Å². The van der Waals surface area contributed by atoms with Crippen LogP contribution < -0.4 is 16.0 Å². The fourth-order valence-corrected chi connectivity index (χ4v) is 1.78. The highest BCUT2D eigenvalue weighted by atomic mass is 16.6. The minimum Gasteiger partial charge on any atom is -0.354 e. The zero-order valence-electron chi connectivity index (χ0n) is 13.5. The molecule has 1 aromatic rings. The van der Waals surface area contributed by atoms with Crippen molar-refractivity contribution in [3.63, 3.8) is 0 Å². The first-order valence-corrected chi connectivity index (χ1v) is 7.44. The number of non-ortho nitro benzene ring substituents is 1. The van der Waals surface area contributed by atoms with Crippen LogP contribution in [0.1, 0.15) is 30.6 Å². The highest BCUT2D eigenvalue weighted by Gasteiger charge is 2.16. The Kier molecular flexibility index (Phi) is 7.34. The molecule has 0 saturated heterocycles. The van der Waals surface area contributed by atoms with Gasteiger partial charge in [0, 0.05) is 24.2 Å². The number of nitro groups is 1. The molecule has 0 bridgehead atoms. The predicted molar refractivity (Wildman–Crippen MR) is 86.3 cm³/mol. The highest BCUT2D eigenvalue weighted by molar-refractivity contribution is 5.97. The number of nitrogens with zero attached hydrogens (tertiary/aromatic N) is 1. The number of nitro benzene ring substituents is 1. The van der Waals surface area contributed by atoms with Crippen molar-refractivity contribution < 1.29 is 19.3 Å². The number of amides is 3. The molecule has 0 fully saturated rings. The Morgan fingerprint density at radius 1 is 1.25 bits per heavy atom. The number of rotatable bonds is 8. The van der Waals surface area contributed by atoms with Crippen LogP contribution in [-0.2, 0) is 9.59 Å². The molecule has 1 aromatic carbocycles. The van der Waals surface area contributed by atoms with E-state index < -0.39 is 22.8 Å². The van der Waals surface area contributed by atoms with Crippen LogP contribution in [0.3, 0.4) is 0 Å². The third-order valence-electron chi connectivity index (χ3n) is 3.05. The Hall–Kier alpha value is -2.97. The van der Waals surface area contributed by atoms with E-state index in [0.29, 0.717) is 6.54 Å². The van der Waals surface area contributed by atoms with Crippen LogP contribution in [0.15, 0.2) is 24.3 Å². The summed E-state index contributed by atoms with van der Waals surface area (Å²) in [7, 11) is 0. The van der Waals surface area contributed by atoms with Gasteiger partial charge in [0.25, 0.3) is 11.6 Å². The lowest BCUT2D eigenvalue weighted by Crippen LogP contribution is -2.48. The van der Waals surface area contributed by atoms with Gasteiger partial charge >= 0.3 is 0 Å². The normalized spacial score (nSPS) is 11.2. The van der Waals surface area contributed by atoms with E-state index in [1.54, 1.807) is 0 Å². The fourth-order valence-electron chi connectivity index (χ4n) is 1.78. The van der Waals surface area contributed by atoms with E-state index in [2.05, 4.69) is 16.0 Å². The first-order valence-electron chi connectivity index (χ1n) is 7.44. The molecule has 0 radical (unpaired) electrons. The Morgan fingerprint density at radius 3 is 2.58 bits per heavy atom. The van der Waals surface area contributed by atoms with Crippen molar-refractivity contribution in [1.82, 2.24) is 16.0 Å². The van der Waals surface area contributed by atoms with Crippen LogP contribution in [0.25, 0.3) is 0 Å². The molecule has 1 rings (SSSR count). The van der Waals surface area contributed by atoms with Gasteiger partial charge in [-0.2, -0.15) is 0 Å². The van der Waals surface area contributed by atoms with Gasteiger partial charge < -0.3 is 16.0 Å². The van der Waals surface area contributed by atoms with Gasteiger partial charge in [0.2, 0.25) is 11.8 Å². The van der Waals surface area contributed by atoms with E-state index in [9.17, 15) is 24.5 Å². The molecule has 0 spiro atoms. The van der Waals surface area contributed by atoms with E-state index in [0.717, 1.165) is 12.5 Å². The first-order chi connectivity index (χ1) is 11.3. The number of carbonyl (C=O) groups excluding carboxylic acids is 3. The summed E-state index contributed by atoms with van der Waals surface area (Å²) in [5.74, 6) is -1.46. The van der Waals surface area contributed by atoms with Crippen molar-refractivity contribution in [2.24, 2.45) is 0 Å². The van der Waals surface area contributed by atoms with Gasteiger partial charge in [-0.3, -0.25) is 24.5 Å². The second-order valence-electron chi connectivity index (χ2n) is 5.07. The molecule has 24 heavy (non-hydrogen) atoms. The quantitative estimate of drug-likeness (QED) is 0.466. The predicted octanol–water partition coefficient (Wildman–Crippen LogP) is 0.356. The number of benzene rings is 1. The third kappa shape index (κ3) is 6.03. The van der Waals surface area contributed by atoms with Crippen molar-refractivity contribution in [2.75, 3.05) is 13.1 Å². The van der Waals surface area contributed by atoms with Crippen molar-refractivity contribution >= 4 is 23.4 Å². The summed E-state index contributed by atoms with van der Waals surface area (Å²) < 4.78 is 0. The van der Waals surface area contributed by atoms with Crippen LogP contribution in [0.2, 0.25) is 0 Å². The molecular weight excluding hydrogens is 316 g/mol. The molecule has 9 heteroatoms. The van der Waals surface area contributed by atoms with Gasteiger partial charge in [0.05, 0.1) is 11.5 Å². The van der Waals surface area contributed by atoms with E-state index in [-0.39, 0.29) is 23.7 Å². The molecular formula is C15H20N4O5. The lowest BCUT2D eigenvalue weighted by Gasteiger charge is -2.14. The summed E-state index contributed by atoms with van der Waals surface area (Å²) in [6.45, 7) is 3.62. The molecule has 0 aromatic heterocycles. The minimum absolute atomic E-state index is 0.0748. The SMILES string of the molecule is CCCNC(=O)[C@H](C)NC(=O)CNC(=O)c1cccc([N+](=O)[O-])c1. The van der Waals surface area contributed by atoms with Crippen molar-refractivity contribution in [1.29, 1.82) is 0 Å². The van der Waals surface area contributed by atoms with Crippen molar-refractivity contribution in [2.45, 2.75) is 26.3 Å². The Bertz CT molecular complexity index is 632. The maximum absolute atomic E-state index is 11.9. The summed E-state index contributed by atoms with van der Waals surface area (Å²) in [4.78, 5) is 45.3. The number of hydrogen-bond acceptors (Lipinski definition) is 5. The van der Waals surface area contributed by atoms with Crippen LogP contribution >= 0.6 is 0 Å². The summed E-state index contributed by atoms with van der Waals surface area (Å²) >= 11 is 0. The second-order valence-corrected chi connectivity index (χ2v) is 5.07. The molecule has 9 nitrogen and oxygen atoms in total. The lowest BCUT2D eigenvalue weighted by atomic mass is 10.2. The number of hydrogen-bond donors (Lipinski definition) is 3.